The van der Waals surface area contributed by atoms with Crippen LogP contribution in [0, 0.1) is 18.8 Å². The first kappa shape index (κ1) is 23.0. The fourth-order valence-electron chi connectivity index (χ4n) is 2.62. The number of benzene rings is 1. The number of nitrogens with zero attached hydrogens (tertiary/aromatic N) is 1. The lowest BCUT2D eigenvalue weighted by Gasteiger charge is -2.13. The molecule has 0 saturated carbocycles. The first-order valence-electron chi connectivity index (χ1n) is 8.89. The normalized spacial score (nSPS) is 11.0. The van der Waals surface area contributed by atoms with Crippen molar-refractivity contribution in [3.8, 4) is 11.8 Å². The van der Waals surface area contributed by atoms with Crippen molar-refractivity contribution in [2.75, 3.05) is 27.2 Å². The van der Waals surface area contributed by atoms with Gasteiger partial charge in [-0.1, -0.05) is 17.9 Å². The molecule has 0 spiro atoms. The Morgan fingerprint density at radius 1 is 1.27 bits per heavy atom. The predicted octanol–water partition coefficient (Wildman–Crippen LogP) is 2.99. The molecule has 2 aromatic rings. The molecule has 30 heavy (non-hydrogen) atoms. The molecule has 9 heteroatoms. The van der Waals surface area contributed by atoms with E-state index >= 15 is 0 Å². The van der Waals surface area contributed by atoms with Crippen LogP contribution < -0.4 is 5.32 Å². The summed E-state index contributed by atoms with van der Waals surface area (Å²) in [7, 11) is 2.98. The average molecular weight is 422 g/mol. The fourth-order valence-corrected chi connectivity index (χ4v) is 2.62. The van der Waals surface area contributed by atoms with E-state index in [0.29, 0.717) is 23.6 Å². The summed E-state index contributed by atoms with van der Waals surface area (Å²) < 4.78 is 48.2. The lowest BCUT2D eigenvalue weighted by molar-refractivity contribution is -0.137. The lowest BCUT2D eigenvalue weighted by atomic mass is 10.1. The summed E-state index contributed by atoms with van der Waals surface area (Å²) in [6.45, 7) is 1.97. The summed E-state index contributed by atoms with van der Waals surface area (Å²) in [5.41, 5.74) is -0.232. The minimum Gasteiger partial charge on any atom is -0.465 e. The van der Waals surface area contributed by atoms with E-state index in [1.807, 2.05) is 0 Å². The Morgan fingerprint density at radius 3 is 2.67 bits per heavy atom. The van der Waals surface area contributed by atoms with Gasteiger partial charge in [0.05, 0.1) is 32.3 Å². The number of carbonyl (C=O) groups excluding carboxylic acids is 2. The van der Waals surface area contributed by atoms with E-state index in [2.05, 4.69) is 21.9 Å². The van der Waals surface area contributed by atoms with Crippen molar-refractivity contribution < 1.29 is 31.9 Å². The van der Waals surface area contributed by atoms with Crippen LogP contribution in [0.4, 0.5) is 13.2 Å². The zero-order valence-electron chi connectivity index (χ0n) is 16.7. The molecule has 1 N–H and O–H groups in total. The maximum absolute atomic E-state index is 12.7. The summed E-state index contributed by atoms with van der Waals surface area (Å²) >= 11 is 0. The smallest absolute Gasteiger partial charge is 0.416 e. The van der Waals surface area contributed by atoms with Crippen LogP contribution in [0.2, 0.25) is 0 Å². The second-order valence-electron chi connectivity index (χ2n) is 6.50. The number of halogens is 3. The molecule has 1 amide bonds. The molecule has 0 saturated heterocycles. The van der Waals surface area contributed by atoms with Crippen molar-refractivity contribution in [2.45, 2.75) is 19.6 Å². The fraction of sp³-hybridized carbons (Fsp3) is 0.333. The van der Waals surface area contributed by atoms with Gasteiger partial charge in [-0.25, -0.2) is 4.79 Å². The van der Waals surface area contributed by atoms with Crippen molar-refractivity contribution in [3.63, 3.8) is 0 Å². The van der Waals surface area contributed by atoms with Gasteiger partial charge in [0.15, 0.2) is 0 Å². The van der Waals surface area contributed by atoms with Crippen LogP contribution in [0.1, 0.15) is 33.0 Å². The van der Waals surface area contributed by atoms with Crippen LogP contribution in [0.15, 0.2) is 34.7 Å². The summed E-state index contributed by atoms with van der Waals surface area (Å²) in [6, 6.07) is 6.23. The summed E-state index contributed by atoms with van der Waals surface area (Å²) in [6.07, 6.45) is -4.43. The first-order chi connectivity index (χ1) is 14.1. The number of nitrogens with one attached hydrogen (secondary N) is 1. The minimum absolute atomic E-state index is 0.00469. The molecule has 0 bridgehead atoms. The summed E-state index contributed by atoms with van der Waals surface area (Å²) in [5, 5.41) is 2.58. The number of furan rings is 1. The molecule has 0 unspecified atom stereocenters. The van der Waals surface area contributed by atoms with Gasteiger partial charge in [0.25, 0.3) is 0 Å². The van der Waals surface area contributed by atoms with Crippen LogP contribution in [-0.4, -0.2) is 44.0 Å². The van der Waals surface area contributed by atoms with E-state index in [4.69, 9.17) is 4.42 Å². The Morgan fingerprint density at radius 2 is 2.00 bits per heavy atom. The Kier molecular flexibility index (Phi) is 7.66. The number of amides is 1. The molecule has 1 aromatic carbocycles. The number of aryl methyl sites for hydroxylation is 1. The SMILES string of the molecule is COC(=O)c1cc(CN(C)CC(=O)NCC#Cc2cccc(C(F)(F)F)c2)oc1C. The number of hydrogen-bond acceptors (Lipinski definition) is 5. The number of hydrogen-bond donors (Lipinski definition) is 1. The van der Waals surface area contributed by atoms with Gasteiger partial charge >= 0.3 is 12.1 Å². The van der Waals surface area contributed by atoms with Gasteiger partial charge in [-0.15, -0.1) is 0 Å². The van der Waals surface area contributed by atoms with Gasteiger partial charge in [0, 0.05) is 5.56 Å². The van der Waals surface area contributed by atoms with Gasteiger partial charge in [-0.2, -0.15) is 13.2 Å². The van der Waals surface area contributed by atoms with E-state index in [1.165, 1.54) is 19.2 Å². The highest BCUT2D eigenvalue weighted by molar-refractivity contribution is 5.90. The first-order valence-corrected chi connectivity index (χ1v) is 8.89. The molecule has 0 fully saturated rings. The molecule has 0 aliphatic heterocycles. The molecular formula is C21H21F3N2O4. The number of likely N-dealkylation sites (N-methyl/N-ethyl adjacent to an activating group) is 1. The minimum atomic E-state index is -4.43. The Bertz CT molecular complexity index is 971. The second-order valence-corrected chi connectivity index (χ2v) is 6.50. The van der Waals surface area contributed by atoms with Crippen LogP contribution in [0.3, 0.4) is 0 Å². The highest BCUT2D eigenvalue weighted by Gasteiger charge is 2.30. The Hall–Kier alpha value is -3.25. The van der Waals surface area contributed by atoms with Gasteiger partial charge in [0.1, 0.15) is 17.1 Å². The Balaban J connectivity index is 1.83. The third-order valence-corrected chi connectivity index (χ3v) is 4.01. The highest BCUT2D eigenvalue weighted by atomic mass is 19.4. The molecule has 1 aromatic heterocycles. The van der Waals surface area contributed by atoms with Crippen molar-refractivity contribution in [3.05, 3.63) is 58.5 Å². The lowest BCUT2D eigenvalue weighted by Crippen LogP contribution is -2.34. The zero-order chi connectivity index (χ0) is 22.3. The van der Waals surface area contributed by atoms with E-state index in [1.54, 1.807) is 24.9 Å². The van der Waals surface area contributed by atoms with Crippen LogP contribution in [0.25, 0.3) is 0 Å². The zero-order valence-corrected chi connectivity index (χ0v) is 16.7. The van der Waals surface area contributed by atoms with Crippen LogP contribution >= 0.6 is 0 Å². The van der Waals surface area contributed by atoms with Crippen molar-refractivity contribution in [2.24, 2.45) is 0 Å². The predicted molar refractivity (Wildman–Crippen MR) is 102 cm³/mol. The van der Waals surface area contributed by atoms with E-state index < -0.39 is 17.7 Å². The van der Waals surface area contributed by atoms with Gasteiger partial charge in [-0.3, -0.25) is 9.69 Å². The molecule has 0 aliphatic carbocycles. The molecule has 0 aliphatic rings. The Labute approximate surface area is 172 Å². The molecular weight excluding hydrogens is 401 g/mol. The summed E-state index contributed by atoms with van der Waals surface area (Å²) in [5.74, 6) is 5.35. The van der Waals surface area contributed by atoms with E-state index in [0.717, 1.165) is 12.1 Å². The van der Waals surface area contributed by atoms with E-state index in [-0.39, 0.29) is 24.6 Å². The molecule has 160 valence electrons. The third-order valence-electron chi connectivity index (χ3n) is 4.01. The number of ether oxygens (including phenoxy) is 1. The molecule has 1 heterocycles. The second kappa shape index (κ2) is 9.98. The van der Waals surface area contributed by atoms with Gasteiger partial charge < -0.3 is 14.5 Å². The highest BCUT2D eigenvalue weighted by Crippen LogP contribution is 2.29. The standard InChI is InChI=1S/C21H21F3N2O4/c1-14-18(20(28)29-3)11-17(30-14)12-26(2)13-19(27)25-9-5-7-15-6-4-8-16(10-15)21(22,23)24/h4,6,8,10-11H,9,12-13H2,1-3H3,(H,25,27). The van der Waals surface area contributed by atoms with Gasteiger partial charge in [0.2, 0.25) is 5.91 Å². The van der Waals surface area contributed by atoms with Crippen molar-refractivity contribution in [1.29, 1.82) is 0 Å². The molecule has 0 atom stereocenters. The van der Waals surface area contributed by atoms with E-state index in [9.17, 15) is 22.8 Å². The number of rotatable bonds is 6. The van der Waals surface area contributed by atoms with Crippen molar-refractivity contribution >= 4 is 11.9 Å². The average Bonchev–Trinajstić information content (AvgIpc) is 3.04. The van der Waals surface area contributed by atoms with Gasteiger partial charge in [-0.05, 0) is 38.2 Å². The summed E-state index contributed by atoms with van der Waals surface area (Å²) in [4.78, 5) is 25.3. The third kappa shape index (κ3) is 6.67. The van der Waals surface area contributed by atoms with Crippen LogP contribution in [0.5, 0.6) is 0 Å². The molecule has 2 rings (SSSR count). The van der Waals surface area contributed by atoms with Crippen molar-refractivity contribution in [1.82, 2.24) is 10.2 Å². The molecule has 0 radical (unpaired) electrons. The number of alkyl halides is 3. The topological polar surface area (TPSA) is 71.8 Å². The monoisotopic (exact) mass is 422 g/mol. The van der Waals surface area contributed by atoms with Crippen LogP contribution in [-0.2, 0) is 22.3 Å². The number of esters is 1. The largest absolute Gasteiger partial charge is 0.465 e. The maximum atomic E-state index is 12.7. The number of methoxy groups -OCH3 is 1. The quantitative estimate of drug-likeness (QED) is 0.573. The maximum Gasteiger partial charge on any atom is 0.416 e. The number of carbonyl (C=O) groups is 2. The molecule has 6 nitrogen and oxygen atoms in total.